The fraction of sp³-hybridized carbons (Fsp3) is 0.368. The van der Waals surface area contributed by atoms with Crippen LogP contribution in [0.2, 0.25) is 0 Å². The van der Waals surface area contributed by atoms with Crippen molar-refractivity contribution >= 4 is 11.7 Å². The summed E-state index contributed by atoms with van der Waals surface area (Å²) in [5.74, 6) is 0.354. The molecule has 0 radical (unpaired) electrons. The standard InChI is InChI=1S/C19H20FN5O2/c1-12-8-16(25-19(23-12)21-11-22-25)13-4-3-7-24(10-13)18(26)15-6-5-14(20)9-17(15)27-2/h5-6,8-9,11,13H,3-4,7,10H2,1-2H3. The number of fused-ring (bicyclic) bond motifs is 1. The Morgan fingerprint density at radius 3 is 3.00 bits per heavy atom. The van der Waals surface area contributed by atoms with Gasteiger partial charge < -0.3 is 9.64 Å². The van der Waals surface area contributed by atoms with Gasteiger partial charge in [-0.25, -0.2) is 13.9 Å². The van der Waals surface area contributed by atoms with Crippen molar-refractivity contribution in [2.24, 2.45) is 0 Å². The Kier molecular flexibility index (Phi) is 4.47. The van der Waals surface area contributed by atoms with Crippen molar-refractivity contribution < 1.29 is 13.9 Å². The Morgan fingerprint density at radius 2 is 2.19 bits per heavy atom. The first-order valence-electron chi connectivity index (χ1n) is 8.87. The summed E-state index contributed by atoms with van der Waals surface area (Å²) in [6.07, 6.45) is 3.31. The quantitative estimate of drug-likeness (QED) is 0.710. The van der Waals surface area contributed by atoms with Crippen molar-refractivity contribution in [2.45, 2.75) is 25.7 Å². The van der Waals surface area contributed by atoms with Gasteiger partial charge in [-0.05, 0) is 38.0 Å². The van der Waals surface area contributed by atoms with Gasteiger partial charge in [0.25, 0.3) is 11.7 Å². The minimum absolute atomic E-state index is 0.125. The topological polar surface area (TPSA) is 72.6 Å². The third-order valence-electron chi connectivity index (χ3n) is 4.93. The third-order valence-corrected chi connectivity index (χ3v) is 4.93. The summed E-state index contributed by atoms with van der Waals surface area (Å²) in [6.45, 7) is 3.13. The molecular weight excluding hydrogens is 349 g/mol. The lowest BCUT2D eigenvalue weighted by Gasteiger charge is -2.33. The zero-order chi connectivity index (χ0) is 19.0. The zero-order valence-electron chi connectivity index (χ0n) is 15.2. The molecule has 1 unspecified atom stereocenters. The zero-order valence-corrected chi connectivity index (χ0v) is 15.2. The number of amides is 1. The molecule has 1 aliphatic heterocycles. The van der Waals surface area contributed by atoms with Crippen LogP contribution in [0.15, 0.2) is 30.6 Å². The van der Waals surface area contributed by atoms with E-state index in [1.54, 1.807) is 9.42 Å². The van der Waals surface area contributed by atoms with Crippen molar-refractivity contribution in [1.29, 1.82) is 0 Å². The van der Waals surface area contributed by atoms with Crippen molar-refractivity contribution in [3.63, 3.8) is 0 Å². The number of ether oxygens (including phenoxy) is 1. The number of likely N-dealkylation sites (tertiary alicyclic amines) is 1. The molecule has 1 aliphatic rings. The number of aryl methyl sites for hydroxylation is 1. The smallest absolute Gasteiger partial charge is 0.257 e. The molecular formula is C19H20FN5O2. The van der Waals surface area contributed by atoms with Crippen molar-refractivity contribution in [3.8, 4) is 5.75 Å². The van der Waals surface area contributed by atoms with E-state index in [2.05, 4.69) is 15.1 Å². The molecule has 27 heavy (non-hydrogen) atoms. The number of benzene rings is 1. The predicted octanol–water partition coefficient (Wildman–Crippen LogP) is 2.60. The highest BCUT2D eigenvalue weighted by atomic mass is 19.1. The maximum Gasteiger partial charge on any atom is 0.257 e. The number of hydrogen-bond donors (Lipinski definition) is 0. The number of rotatable bonds is 3. The second-order valence-electron chi connectivity index (χ2n) is 6.73. The van der Waals surface area contributed by atoms with Crippen molar-refractivity contribution in [3.05, 3.63) is 53.4 Å². The number of carbonyl (C=O) groups excluding carboxylic acids is 1. The molecule has 3 aromatic rings. The highest BCUT2D eigenvalue weighted by Crippen LogP contribution is 2.29. The predicted molar refractivity (Wildman–Crippen MR) is 96.3 cm³/mol. The van der Waals surface area contributed by atoms with Gasteiger partial charge in [-0.1, -0.05) is 0 Å². The molecule has 0 spiro atoms. The summed E-state index contributed by atoms with van der Waals surface area (Å²) in [7, 11) is 1.44. The molecule has 0 bridgehead atoms. The fourth-order valence-electron chi connectivity index (χ4n) is 3.66. The van der Waals surface area contributed by atoms with Gasteiger partial charge in [0.1, 0.15) is 17.9 Å². The molecule has 1 fully saturated rings. The lowest BCUT2D eigenvalue weighted by Crippen LogP contribution is -2.39. The summed E-state index contributed by atoms with van der Waals surface area (Å²) >= 11 is 0. The molecule has 1 amide bonds. The molecule has 0 saturated carbocycles. The molecule has 4 rings (SSSR count). The van der Waals surface area contributed by atoms with Crippen LogP contribution < -0.4 is 4.74 Å². The molecule has 3 heterocycles. The summed E-state index contributed by atoms with van der Waals surface area (Å²) < 4.78 is 20.4. The lowest BCUT2D eigenvalue weighted by atomic mass is 9.93. The van der Waals surface area contributed by atoms with E-state index in [1.807, 2.05) is 13.0 Å². The van der Waals surface area contributed by atoms with Gasteiger partial charge in [0, 0.05) is 30.8 Å². The van der Waals surface area contributed by atoms with Crippen LogP contribution in [0, 0.1) is 12.7 Å². The first kappa shape index (κ1) is 17.4. The van der Waals surface area contributed by atoms with Crippen LogP contribution in [-0.4, -0.2) is 50.6 Å². The number of methoxy groups -OCH3 is 1. The van der Waals surface area contributed by atoms with E-state index in [0.29, 0.717) is 24.4 Å². The van der Waals surface area contributed by atoms with E-state index in [9.17, 15) is 9.18 Å². The maximum absolute atomic E-state index is 13.5. The monoisotopic (exact) mass is 369 g/mol. The number of aromatic nitrogens is 4. The number of halogens is 1. The molecule has 8 heteroatoms. The highest BCUT2D eigenvalue weighted by Gasteiger charge is 2.29. The van der Waals surface area contributed by atoms with E-state index in [1.165, 1.54) is 31.6 Å². The molecule has 7 nitrogen and oxygen atoms in total. The number of hydrogen-bond acceptors (Lipinski definition) is 5. The molecule has 0 N–H and O–H groups in total. The Balaban J connectivity index is 1.63. The van der Waals surface area contributed by atoms with Gasteiger partial charge in [0.2, 0.25) is 0 Å². The van der Waals surface area contributed by atoms with E-state index in [-0.39, 0.29) is 17.6 Å². The van der Waals surface area contributed by atoms with Crippen LogP contribution in [0.4, 0.5) is 4.39 Å². The van der Waals surface area contributed by atoms with Crippen molar-refractivity contribution in [2.75, 3.05) is 20.2 Å². The number of carbonyl (C=O) groups is 1. The summed E-state index contributed by atoms with van der Waals surface area (Å²) in [4.78, 5) is 23.4. The second kappa shape index (κ2) is 6.94. The van der Waals surface area contributed by atoms with Crippen LogP contribution in [0.25, 0.3) is 5.78 Å². The molecule has 2 aromatic heterocycles. The fourth-order valence-corrected chi connectivity index (χ4v) is 3.66. The first-order valence-corrected chi connectivity index (χ1v) is 8.87. The van der Waals surface area contributed by atoms with Gasteiger partial charge in [0.15, 0.2) is 0 Å². The maximum atomic E-state index is 13.5. The third kappa shape index (κ3) is 3.22. The van der Waals surface area contributed by atoms with E-state index in [0.717, 1.165) is 24.2 Å². The molecule has 1 atom stereocenters. The minimum Gasteiger partial charge on any atom is -0.496 e. The largest absolute Gasteiger partial charge is 0.496 e. The Labute approximate surface area is 155 Å². The summed E-state index contributed by atoms with van der Waals surface area (Å²) in [5.41, 5.74) is 2.24. The van der Waals surface area contributed by atoms with Gasteiger partial charge >= 0.3 is 0 Å². The van der Waals surface area contributed by atoms with Crippen LogP contribution in [0.1, 0.15) is 40.5 Å². The minimum atomic E-state index is -0.430. The lowest BCUT2D eigenvalue weighted by molar-refractivity contribution is 0.0701. The van der Waals surface area contributed by atoms with Crippen molar-refractivity contribution in [1.82, 2.24) is 24.5 Å². The second-order valence-corrected chi connectivity index (χ2v) is 6.73. The molecule has 0 aliphatic carbocycles. The van der Waals surface area contributed by atoms with Crippen LogP contribution >= 0.6 is 0 Å². The normalized spacial score (nSPS) is 17.3. The Hall–Kier alpha value is -3.03. The van der Waals surface area contributed by atoms with Crippen LogP contribution in [-0.2, 0) is 0 Å². The average Bonchev–Trinajstić information content (AvgIpc) is 3.15. The van der Waals surface area contributed by atoms with E-state index < -0.39 is 5.82 Å². The molecule has 1 saturated heterocycles. The van der Waals surface area contributed by atoms with Gasteiger partial charge in [-0.15, -0.1) is 0 Å². The van der Waals surface area contributed by atoms with Gasteiger partial charge in [-0.3, -0.25) is 4.79 Å². The molecule has 1 aromatic carbocycles. The van der Waals surface area contributed by atoms with Gasteiger partial charge in [-0.2, -0.15) is 10.1 Å². The average molecular weight is 369 g/mol. The highest BCUT2D eigenvalue weighted by molar-refractivity contribution is 5.97. The SMILES string of the molecule is COc1cc(F)ccc1C(=O)N1CCCC(c2cc(C)nc3ncnn23)C1. The van der Waals surface area contributed by atoms with Gasteiger partial charge in [0.05, 0.1) is 18.4 Å². The Morgan fingerprint density at radius 1 is 1.33 bits per heavy atom. The summed E-state index contributed by atoms with van der Waals surface area (Å²) in [5, 5.41) is 4.28. The van der Waals surface area contributed by atoms with E-state index >= 15 is 0 Å². The molecule has 140 valence electrons. The number of nitrogens with zero attached hydrogens (tertiary/aromatic N) is 5. The number of piperidine rings is 1. The van der Waals surface area contributed by atoms with E-state index in [4.69, 9.17) is 4.74 Å². The van der Waals surface area contributed by atoms with Crippen LogP contribution in [0.3, 0.4) is 0 Å². The van der Waals surface area contributed by atoms with Crippen LogP contribution in [0.5, 0.6) is 5.75 Å². The first-order chi connectivity index (χ1) is 13.1. The Bertz CT molecular complexity index is 1000. The summed E-state index contributed by atoms with van der Waals surface area (Å²) in [6, 6.07) is 5.99.